The predicted octanol–water partition coefficient (Wildman–Crippen LogP) is 0.298. The second kappa shape index (κ2) is 3.39. The van der Waals surface area contributed by atoms with E-state index in [2.05, 4.69) is 0 Å². The van der Waals surface area contributed by atoms with Gasteiger partial charge in [-0.1, -0.05) is 11.6 Å². The van der Waals surface area contributed by atoms with Gasteiger partial charge in [-0.2, -0.15) is 0 Å². The molecule has 0 saturated heterocycles. The highest BCUT2D eigenvalue weighted by atomic mass is 35.5. The Morgan fingerprint density at radius 1 is 1.25 bits per heavy atom. The Morgan fingerprint density at radius 3 is 2.25 bits per heavy atom. The zero-order valence-electron chi connectivity index (χ0n) is 5.76. The van der Waals surface area contributed by atoms with Crippen LogP contribution in [-0.2, 0) is 0 Å². The molecule has 0 aliphatic carbocycles. The fourth-order valence-corrected chi connectivity index (χ4v) is 1.09. The van der Waals surface area contributed by atoms with Crippen LogP contribution >= 0.6 is 11.6 Å². The molecule has 0 saturated carbocycles. The van der Waals surface area contributed by atoms with E-state index in [1.807, 2.05) is 0 Å². The molecule has 2 N–H and O–H groups in total. The Kier molecular flexibility index (Phi) is 2.67. The first-order chi connectivity index (χ1) is 5.52. The van der Waals surface area contributed by atoms with Crippen molar-refractivity contribution in [2.24, 2.45) is 0 Å². The molecule has 64 valence electrons. The van der Waals surface area contributed by atoms with Crippen LogP contribution < -0.4 is 5.46 Å². The Balaban J connectivity index is 3.28. The molecule has 0 fully saturated rings. The molecule has 0 heterocycles. The SMILES string of the molecule is OB(O)c1c(F)cc(F)cc1Cl. The van der Waals surface area contributed by atoms with E-state index in [0.29, 0.717) is 6.07 Å². The molecule has 1 aromatic rings. The van der Waals surface area contributed by atoms with Gasteiger partial charge in [0.25, 0.3) is 0 Å². The summed E-state index contributed by atoms with van der Waals surface area (Å²) in [4.78, 5) is 0. The summed E-state index contributed by atoms with van der Waals surface area (Å²) in [6.45, 7) is 0. The Bertz CT molecular complexity index is 283. The van der Waals surface area contributed by atoms with E-state index in [9.17, 15) is 8.78 Å². The zero-order chi connectivity index (χ0) is 9.30. The van der Waals surface area contributed by atoms with E-state index in [1.54, 1.807) is 0 Å². The van der Waals surface area contributed by atoms with Gasteiger partial charge in [-0.3, -0.25) is 0 Å². The van der Waals surface area contributed by atoms with E-state index >= 15 is 0 Å². The van der Waals surface area contributed by atoms with Crippen molar-refractivity contribution in [3.63, 3.8) is 0 Å². The van der Waals surface area contributed by atoms with Crippen molar-refractivity contribution in [1.29, 1.82) is 0 Å². The summed E-state index contributed by atoms with van der Waals surface area (Å²) in [6, 6.07) is 1.33. The van der Waals surface area contributed by atoms with Gasteiger partial charge >= 0.3 is 7.12 Å². The normalized spacial score (nSPS) is 10.1. The van der Waals surface area contributed by atoms with Gasteiger partial charge in [0.15, 0.2) is 0 Å². The molecule has 0 amide bonds. The first kappa shape index (κ1) is 9.44. The van der Waals surface area contributed by atoms with Gasteiger partial charge in [-0.25, -0.2) is 8.78 Å². The second-order valence-electron chi connectivity index (χ2n) is 2.16. The van der Waals surface area contributed by atoms with Gasteiger partial charge in [0, 0.05) is 16.6 Å². The summed E-state index contributed by atoms with van der Waals surface area (Å²) in [7, 11) is -2.03. The number of hydrogen-bond donors (Lipinski definition) is 2. The molecule has 1 aromatic carbocycles. The lowest BCUT2D eigenvalue weighted by Crippen LogP contribution is -2.33. The summed E-state index contributed by atoms with van der Waals surface area (Å²) in [5.41, 5.74) is -0.516. The summed E-state index contributed by atoms with van der Waals surface area (Å²) in [6.07, 6.45) is 0. The van der Waals surface area contributed by atoms with E-state index < -0.39 is 24.2 Å². The van der Waals surface area contributed by atoms with Crippen molar-refractivity contribution in [2.75, 3.05) is 0 Å². The van der Waals surface area contributed by atoms with Gasteiger partial charge in [-0.15, -0.1) is 0 Å². The molecule has 0 aliphatic heterocycles. The number of hydrogen-bond acceptors (Lipinski definition) is 2. The third-order valence-corrected chi connectivity index (χ3v) is 1.61. The number of rotatable bonds is 1. The Morgan fingerprint density at radius 2 is 1.83 bits per heavy atom. The molecule has 0 aliphatic rings. The third-order valence-electron chi connectivity index (χ3n) is 1.30. The first-order valence-corrected chi connectivity index (χ1v) is 3.40. The van der Waals surface area contributed by atoms with Gasteiger partial charge < -0.3 is 10.0 Å². The largest absolute Gasteiger partial charge is 0.492 e. The molecule has 0 bridgehead atoms. The van der Waals surface area contributed by atoms with Crippen molar-refractivity contribution in [2.45, 2.75) is 0 Å². The van der Waals surface area contributed by atoms with Crippen LogP contribution in [0.15, 0.2) is 12.1 Å². The van der Waals surface area contributed by atoms with Crippen LogP contribution in [-0.4, -0.2) is 17.2 Å². The molecule has 2 nitrogen and oxygen atoms in total. The van der Waals surface area contributed by atoms with E-state index in [1.165, 1.54) is 0 Å². The molecule has 12 heavy (non-hydrogen) atoms. The first-order valence-electron chi connectivity index (χ1n) is 3.03. The summed E-state index contributed by atoms with van der Waals surface area (Å²) in [5.74, 6) is -1.93. The lowest BCUT2D eigenvalue weighted by Gasteiger charge is -2.03. The van der Waals surface area contributed by atoms with Gasteiger partial charge in [0.05, 0.1) is 0 Å². The van der Waals surface area contributed by atoms with Crippen LogP contribution in [0.1, 0.15) is 0 Å². The maximum absolute atomic E-state index is 12.7. The van der Waals surface area contributed by atoms with Crippen LogP contribution in [0.4, 0.5) is 8.78 Å². The zero-order valence-corrected chi connectivity index (χ0v) is 6.52. The third kappa shape index (κ3) is 1.74. The molecule has 0 spiro atoms. The molecule has 6 heteroatoms. The van der Waals surface area contributed by atoms with E-state index in [-0.39, 0.29) is 5.02 Å². The highest BCUT2D eigenvalue weighted by Crippen LogP contribution is 2.10. The van der Waals surface area contributed by atoms with Crippen molar-refractivity contribution < 1.29 is 18.8 Å². The van der Waals surface area contributed by atoms with Crippen LogP contribution in [0.3, 0.4) is 0 Å². The molecular formula is C6H4BClF2O2. The number of benzene rings is 1. The average Bonchev–Trinajstić information content (AvgIpc) is 1.82. The Hall–Kier alpha value is -0.645. The molecule has 0 radical (unpaired) electrons. The summed E-state index contributed by atoms with van der Waals surface area (Å²) >= 11 is 5.33. The Labute approximate surface area is 72.5 Å². The van der Waals surface area contributed by atoms with Gasteiger partial charge in [0.1, 0.15) is 11.6 Å². The summed E-state index contributed by atoms with van der Waals surface area (Å²) < 4.78 is 25.1. The predicted molar refractivity (Wildman–Crippen MR) is 41.2 cm³/mol. The lowest BCUT2D eigenvalue weighted by molar-refractivity contribution is 0.423. The fourth-order valence-electron chi connectivity index (χ4n) is 0.800. The summed E-state index contributed by atoms with van der Waals surface area (Å²) in [5, 5.41) is 16.8. The number of halogens is 3. The second-order valence-corrected chi connectivity index (χ2v) is 2.56. The van der Waals surface area contributed by atoms with Gasteiger partial charge in [0.2, 0.25) is 0 Å². The highest BCUT2D eigenvalue weighted by Gasteiger charge is 2.21. The van der Waals surface area contributed by atoms with Crippen molar-refractivity contribution in [3.8, 4) is 0 Å². The topological polar surface area (TPSA) is 40.5 Å². The highest BCUT2D eigenvalue weighted by molar-refractivity contribution is 6.62. The van der Waals surface area contributed by atoms with E-state index in [0.717, 1.165) is 6.07 Å². The minimum Gasteiger partial charge on any atom is -0.423 e. The van der Waals surface area contributed by atoms with Crippen LogP contribution in [0.25, 0.3) is 0 Å². The van der Waals surface area contributed by atoms with Crippen LogP contribution in [0, 0.1) is 11.6 Å². The lowest BCUT2D eigenvalue weighted by atomic mass is 9.80. The van der Waals surface area contributed by atoms with Crippen LogP contribution in [0.2, 0.25) is 5.02 Å². The fraction of sp³-hybridized carbons (Fsp3) is 0. The molecule has 1 rings (SSSR count). The molecule has 0 unspecified atom stereocenters. The quantitative estimate of drug-likeness (QED) is 0.628. The standard InChI is InChI=1S/C6H4BClF2O2/c8-4-1-3(9)2-5(10)6(4)7(11)12/h1-2,11-12H. The van der Waals surface area contributed by atoms with Crippen molar-refractivity contribution in [3.05, 3.63) is 28.8 Å². The maximum atomic E-state index is 12.7. The smallest absolute Gasteiger partial charge is 0.423 e. The minimum absolute atomic E-state index is 0.345. The monoisotopic (exact) mass is 192 g/mol. The van der Waals surface area contributed by atoms with Crippen molar-refractivity contribution >= 4 is 24.2 Å². The van der Waals surface area contributed by atoms with Gasteiger partial charge in [-0.05, 0) is 6.07 Å². The molecular weight excluding hydrogens is 188 g/mol. The van der Waals surface area contributed by atoms with E-state index in [4.69, 9.17) is 21.6 Å². The minimum atomic E-state index is -2.03. The maximum Gasteiger partial charge on any atom is 0.492 e. The average molecular weight is 192 g/mol. The van der Waals surface area contributed by atoms with Crippen molar-refractivity contribution in [1.82, 2.24) is 0 Å². The van der Waals surface area contributed by atoms with Crippen LogP contribution in [0.5, 0.6) is 0 Å². The molecule has 0 atom stereocenters. The molecule has 0 aromatic heterocycles.